The summed E-state index contributed by atoms with van der Waals surface area (Å²) < 4.78 is 0. The van der Waals surface area contributed by atoms with Gasteiger partial charge >= 0.3 is 0 Å². The molecule has 1 heterocycles. The predicted molar refractivity (Wildman–Crippen MR) is 84.9 cm³/mol. The number of carbonyl (C=O) groups excluding carboxylic acids is 2. The first-order valence-electron chi connectivity index (χ1n) is 7.58. The van der Waals surface area contributed by atoms with Crippen LogP contribution in [0.15, 0.2) is 18.2 Å². The first-order chi connectivity index (χ1) is 9.99. The van der Waals surface area contributed by atoms with Gasteiger partial charge in [-0.2, -0.15) is 0 Å². The van der Waals surface area contributed by atoms with Gasteiger partial charge < -0.3 is 9.80 Å². The summed E-state index contributed by atoms with van der Waals surface area (Å²) in [5.74, 6) is 0.190. The summed E-state index contributed by atoms with van der Waals surface area (Å²) in [5.41, 5.74) is 2.81. The number of Topliss-reactive ketones (excluding diaryl/α,β-unsaturated/α-hetero) is 1. The van der Waals surface area contributed by atoms with Crippen molar-refractivity contribution in [1.29, 1.82) is 0 Å². The number of anilines is 1. The van der Waals surface area contributed by atoms with Gasteiger partial charge in [0.25, 0.3) is 0 Å². The zero-order valence-corrected chi connectivity index (χ0v) is 13.2. The molecule has 0 spiro atoms. The Morgan fingerprint density at radius 2 is 2.00 bits per heavy atom. The lowest BCUT2D eigenvalue weighted by atomic mass is 10.0. The molecule has 0 aliphatic carbocycles. The van der Waals surface area contributed by atoms with Crippen LogP contribution in [0, 0.1) is 0 Å². The van der Waals surface area contributed by atoms with Crippen LogP contribution in [0.5, 0.6) is 0 Å². The zero-order chi connectivity index (χ0) is 15.4. The van der Waals surface area contributed by atoms with Crippen LogP contribution in [0.4, 0.5) is 5.69 Å². The average molecular weight is 288 g/mol. The van der Waals surface area contributed by atoms with Crippen molar-refractivity contribution in [3.05, 3.63) is 29.3 Å². The minimum atomic E-state index is 0.0519. The Hall–Kier alpha value is -1.68. The molecule has 2 rings (SSSR count). The van der Waals surface area contributed by atoms with E-state index in [2.05, 4.69) is 0 Å². The Morgan fingerprint density at radius 3 is 2.67 bits per heavy atom. The predicted octanol–water partition coefficient (Wildman–Crippen LogP) is 2.51. The second-order valence-electron chi connectivity index (χ2n) is 5.95. The summed E-state index contributed by atoms with van der Waals surface area (Å²) in [6.07, 6.45) is 3.58. The van der Waals surface area contributed by atoms with Crippen molar-refractivity contribution >= 4 is 17.4 Å². The third-order valence-corrected chi connectivity index (χ3v) is 3.94. The number of carbonyl (C=O) groups is 2. The molecular weight excluding hydrogens is 264 g/mol. The molecule has 0 bridgehead atoms. The van der Waals surface area contributed by atoms with Gasteiger partial charge in [0.15, 0.2) is 5.78 Å². The SMILES string of the molecule is CC(=O)N1CCCCc2ccc(C(=O)CCN(C)C)cc21. The molecular formula is C17H24N2O2. The molecule has 1 aromatic carbocycles. The molecule has 0 radical (unpaired) electrons. The monoisotopic (exact) mass is 288 g/mol. The van der Waals surface area contributed by atoms with Gasteiger partial charge in [-0.25, -0.2) is 0 Å². The molecule has 4 nitrogen and oxygen atoms in total. The van der Waals surface area contributed by atoms with E-state index in [1.165, 1.54) is 5.56 Å². The molecule has 0 N–H and O–H groups in total. The molecule has 1 aliphatic heterocycles. The topological polar surface area (TPSA) is 40.6 Å². The van der Waals surface area contributed by atoms with Gasteiger partial charge in [0.2, 0.25) is 5.91 Å². The molecule has 0 unspecified atom stereocenters. The average Bonchev–Trinajstić information content (AvgIpc) is 2.66. The van der Waals surface area contributed by atoms with E-state index in [0.717, 1.165) is 38.0 Å². The second kappa shape index (κ2) is 6.85. The lowest BCUT2D eigenvalue weighted by molar-refractivity contribution is -0.116. The Bertz CT molecular complexity index is 538. The molecule has 21 heavy (non-hydrogen) atoms. The van der Waals surface area contributed by atoms with Crippen molar-refractivity contribution in [3.8, 4) is 0 Å². The summed E-state index contributed by atoms with van der Waals surface area (Å²) in [4.78, 5) is 27.9. The fourth-order valence-corrected chi connectivity index (χ4v) is 2.70. The van der Waals surface area contributed by atoms with E-state index >= 15 is 0 Å². The van der Waals surface area contributed by atoms with Crippen LogP contribution in [0.2, 0.25) is 0 Å². The maximum Gasteiger partial charge on any atom is 0.223 e. The molecule has 1 aliphatic rings. The second-order valence-corrected chi connectivity index (χ2v) is 5.95. The maximum absolute atomic E-state index is 12.3. The van der Waals surface area contributed by atoms with Crippen molar-refractivity contribution in [3.63, 3.8) is 0 Å². The first-order valence-corrected chi connectivity index (χ1v) is 7.58. The molecule has 4 heteroatoms. The van der Waals surface area contributed by atoms with Crippen molar-refractivity contribution in [2.45, 2.75) is 32.6 Å². The maximum atomic E-state index is 12.3. The van der Waals surface area contributed by atoms with E-state index in [4.69, 9.17) is 0 Å². The largest absolute Gasteiger partial charge is 0.312 e. The van der Waals surface area contributed by atoms with Crippen molar-refractivity contribution < 1.29 is 9.59 Å². The van der Waals surface area contributed by atoms with E-state index in [1.807, 2.05) is 42.1 Å². The Morgan fingerprint density at radius 1 is 1.24 bits per heavy atom. The number of hydrogen-bond acceptors (Lipinski definition) is 3. The summed E-state index contributed by atoms with van der Waals surface area (Å²) in [7, 11) is 3.92. The number of nitrogens with zero attached hydrogens (tertiary/aromatic N) is 2. The van der Waals surface area contributed by atoms with Crippen LogP contribution in [-0.2, 0) is 11.2 Å². The first kappa shape index (κ1) is 15.7. The van der Waals surface area contributed by atoms with Crippen LogP contribution >= 0.6 is 0 Å². The normalized spacial score (nSPS) is 14.8. The highest BCUT2D eigenvalue weighted by Gasteiger charge is 2.20. The van der Waals surface area contributed by atoms with E-state index < -0.39 is 0 Å². The van der Waals surface area contributed by atoms with Crippen molar-refractivity contribution in [2.24, 2.45) is 0 Å². The molecule has 0 aromatic heterocycles. The van der Waals surface area contributed by atoms with Gasteiger partial charge in [0.1, 0.15) is 0 Å². The van der Waals surface area contributed by atoms with Gasteiger partial charge in [-0.3, -0.25) is 9.59 Å². The van der Waals surface area contributed by atoms with Gasteiger partial charge in [-0.15, -0.1) is 0 Å². The number of aryl methyl sites for hydroxylation is 1. The Balaban J connectivity index is 2.27. The van der Waals surface area contributed by atoms with Crippen LogP contribution in [0.1, 0.15) is 42.1 Å². The number of hydrogen-bond donors (Lipinski definition) is 0. The Kier molecular flexibility index (Phi) is 5.12. The minimum Gasteiger partial charge on any atom is -0.312 e. The number of benzene rings is 1. The van der Waals surface area contributed by atoms with E-state index in [1.54, 1.807) is 6.92 Å². The lowest BCUT2D eigenvalue weighted by Gasteiger charge is -2.22. The van der Waals surface area contributed by atoms with Crippen LogP contribution in [0.3, 0.4) is 0 Å². The molecule has 0 saturated heterocycles. The highest BCUT2D eigenvalue weighted by atomic mass is 16.2. The summed E-state index contributed by atoms with van der Waals surface area (Å²) >= 11 is 0. The Labute approximate surface area is 126 Å². The van der Waals surface area contributed by atoms with Gasteiger partial charge in [0, 0.05) is 37.7 Å². The van der Waals surface area contributed by atoms with Crippen molar-refractivity contribution in [1.82, 2.24) is 4.90 Å². The highest BCUT2D eigenvalue weighted by Crippen LogP contribution is 2.28. The third-order valence-electron chi connectivity index (χ3n) is 3.94. The lowest BCUT2D eigenvalue weighted by Crippen LogP contribution is -2.29. The van der Waals surface area contributed by atoms with E-state index in [-0.39, 0.29) is 11.7 Å². The van der Waals surface area contributed by atoms with Crippen LogP contribution in [-0.4, -0.2) is 43.8 Å². The number of rotatable bonds is 4. The van der Waals surface area contributed by atoms with Crippen LogP contribution < -0.4 is 4.90 Å². The third kappa shape index (κ3) is 3.91. The molecule has 0 saturated carbocycles. The number of amides is 1. The molecule has 1 amide bonds. The summed E-state index contributed by atoms with van der Waals surface area (Å²) in [6, 6.07) is 5.82. The molecule has 114 valence electrons. The van der Waals surface area contributed by atoms with Gasteiger partial charge in [0.05, 0.1) is 0 Å². The van der Waals surface area contributed by atoms with E-state index in [9.17, 15) is 9.59 Å². The van der Waals surface area contributed by atoms with Gasteiger partial charge in [-0.05, 0) is 45.0 Å². The smallest absolute Gasteiger partial charge is 0.223 e. The molecule has 0 atom stereocenters. The summed E-state index contributed by atoms with van der Waals surface area (Å²) in [6.45, 7) is 3.08. The number of ketones is 1. The van der Waals surface area contributed by atoms with E-state index in [0.29, 0.717) is 12.0 Å². The standard InChI is InChI=1S/C17H24N2O2/c1-13(20)19-10-5-4-6-14-7-8-15(12-16(14)19)17(21)9-11-18(2)3/h7-8,12H,4-6,9-11H2,1-3H3. The fraction of sp³-hybridized carbons (Fsp3) is 0.529. The van der Waals surface area contributed by atoms with Crippen LogP contribution in [0.25, 0.3) is 0 Å². The molecule has 1 aromatic rings. The van der Waals surface area contributed by atoms with Gasteiger partial charge in [-0.1, -0.05) is 12.1 Å². The van der Waals surface area contributed by atoms with Crippen molar-refractivity contribution in [2.75, 3.05) is 32.1 Å². The summed E-state index contributed by atoms with van der Waals surface area (Å²) in [5, 5.41) is 0. The zero-order valence-electron chi connectivity index (χ0n) is 13.2. The molecule has 0 fully saturated rings. The highest BCUT2D eigenvalue weighted by molar-refractivity contribution is 5.99. The minimum absolute atomic E-state index is 0.0519. The number of fused-ring (bicyclic) bond motifs is 1. The quantitative estimate of drug-likeness (QED) is 0.799. The fourth-order valence-electron chi connectivity index (χ4n) is 2.70.